The van der Waals surface area contributed by atoms with Gasteiger partial charge in [-0.15, -0.1) is 0 Å². The highest BCUT2D eigenvalue weighted by atomic mass is 16.6. The van der Waals surface area contributed by atoms with Crippen LogP contribution in [0.1, 0.15) is 50.3 Å². The molecule has 0 unspecified atom stereocenters. The molecule has 0 N–H and O–H groups in total. The topological polar surface area (TPSA) is 141 Å². The number of benzene rings is 3. The third-order valence-electron chi connectivity index (χ3n) is 5.84. The van der Waals surface area contributed by atoms with Gasteiger partial charge in [0, 0.05) is 18.6 Å². The first-order valence-corrected chi connectivity index (χ1v) is 13.9. The summed E-state index contributed by atoms with van der Waals surface area (Å²) in [6, 6.07) is 18.1. The molecule has 0 fully saturated rings. The van der Waals surface area contributed by atoms with Gasteiger partial charge in [-0.25, -0.2) is 24.0 Å². The molecule has 0 bridgehead atoms. The van der Waals surface area contributed by atoms with Crippen molar-refractivity contribution in [2.45, 2.75) is 19.3 Å². The number of carbonyl (C=O) groups excluding carboxylic acids is 5. The minimum absolute atomic E-state index is 0.0623. The third-order valence-corrected chi connectivity index (χ3v) is 5.84. The van der Waals surface area contributed by atoms with Crippen molar-refractivity contribution in [3.8, 4) is 17.2 Å². The Balaban J connectivity index is 1.40. The minimum Gasteiger partial charge on any atom is -0.494 e. The quantitative estimate of drug-likeness (QED) is 0.0642. The van der Waals surface area contributed by atoms with Crippen LogP contribution in [0.3, 0.4) is 0 Å². The number of ether oxygens (including phenoxy) is 6. The van der Waals surface area contributed by atoms with Gasteiger partial charge in [-0.1, -0.05) is 13.2 Å². The standard InChI is InChI=1S/C34H32O11/c1-3-30(35)41-21-6-5-20-40-27-14-8-25(9-15-27)33(38)45-29-18-12-26(13-19-29)34(39)44-28-16-10-24(11-17-28)32(37)43-23-7-22-42-31(36)4-2/h3-4,8-19H,1-2,5-7,20-23H2. The van der Waals surface area contributed by atoms with E-state index >= 15 is 0 Å². The van der Waals surface area contributed by atoms with Gasteiger partial charge in [0.25, 0.3) is 0 Å². The predicted molar refractivity (Wildman–Crippen MR) is 161 cm³/mol. The molecule has 0 radical (unpaired) electrons. The second kappa shape index (κ2) is 18.1. The van der Waals surface area contributed by atoms with Crippen molar-refractivity contribution in [3.05, 3.63) is 115 Å². The van der Waals surface area contributed by atoms with Crippen LogP contribution in [0.4, 0.5) is 0 Å². The molecule has 3 aromatic rings. The maximum absolute atomic E-state index is 12.6. The van der Waals surface area contributed by atoms with E-state index in [1.807, 2.05) is 0 Å². The number of esters is 5. The van der Waals surface area contributed by atoms with E-state index in [9.17, 15) is 24.0 Å². The van der Waals surface area contributed by atoms with Crippen LogP contribution in [0, 0.1) is 0 Å². The SMILES string of the molecule is C=CC(=O)OCCCCOc1ccc(C(=O)Oc2ccc(C(=O)Oc3ccc(C(=O)OCCCOC(=O)C=C)cc3)cc2)cc1. The van der Waals surface area contributed by atoms with E-state index in [1.54, 1.807) is 24.3 Å². The zero-order chi connectivity index (χ0) is 32.4. The van der Waals surface area contributed by atoms with Crippen molar-refractivity contribution in [1.82, 2.24) is 0 Å². The number of hydrogen-bond donors (Lipinski definition) is 0. The summed E-state index contributed by atoms with van der Waals surface area (Å²) < 4.78 is 31.2. The van der Waals surface area contributed by atoms with Gasteiger partial charge in [-0.2, -0.15) is 0 Å². The van der Waals surface area contributed by atoms with Gasteiger partial charge in [-0.3, -0.25) is 0 Å². The molecular formula is C34H32O11. The lowest BCUT2D eigenvalue weighted by atomic mass is 10.2. The summed E-state index contributed by atoms with van der Waals surface area (Å²) in [6.45, 7) is 7.49. The van der Waals surface area contributed by atoms with Gasteiger partial charge in [0.15, 0.2) is 0 Å². The molecule has 0 aliphatic rings. The molecule has 234 valence electrons. The van der Waals surface area contributed by atoms with E-state index < -0.39 is 29.8 Å². The number of rotatable bonds is 17. The fourth-order valence-corrected chi connectivity index (χ4v) is 3.50. The Bertz CT molecular complexity index is 1470. The van der Waals surface area contributed by atoms with Crippen LogP contribution in [0.15, 0.2) is 98.1 Å². The maximum Gasteiger partial charge on any atom is 0.343 e. The summed E-state index contributed by atoms with van der Waals surface area (Å²) in [4.78, 5) is 59.2. The van der Waals surface area contributed by atoms with Gasteiger partial charge >= 0.3 is 29.8 Å². The first kappa shape index (κ1) is 33.8. The van der Waals surface area contributed by atoms with Crippen molar-refractivity contribution in [2.75, 3.05) is 26.4 Å². The fourth-order valence-electron chi connectivity index (χ4n) is 3.50. The van der Waals surface area contributed by atoms with Crippen LogP contribution in [-0.4, -0.2) is 56.3 Å². The summed E-state index contributed by atoms with van der Waals surface area (Å²) >= 11 is 0. The summed E-state index contributed by atoms with van der Waals surface area (Å²) in [5.74, 6) is -1.80. The van der Waals surface area contributed by atoms with Gasteiger partial charge < -0.3 is 28.4 Å². The molecule has 0 atom stereocenters. The molecule has 3 aromatic carbocycles. The van der Waals surface area contributed by atoms with E-state index in [1.165, 1.54) is 48.5 Å². The summed E-state index contributed by atoms with van der Waals surface area (Å²) in [5.41, 5.74) is 0.784. The van der Waals surface area contributed by atoms with Crippen LogP contribution in [0.25, 0.3) is 0 Å². The zero-order valence-corrected chi connectivity index (χ0v) is 24.4. The van der Waals surface area contributed by atoms with Crippen LogP contribution in [0.2, 0.25) is 0 Å². The van der Waals surface area contributed by atoms with Crippen molar-refractivity contribution in [3.63, 3.8) is 0 Å². The number of carbonyl (C=O) groups is 5. The van der Waals surface area contributed by atoms with E-state index in [-0.39, 0.29) is 42.4 Å². The largest absolute Gasteiger partial charge is 0.494 e. The monoisotopic (exact) mass is 616 g/mol. The smallest absolute Gasteiger partial charge is 0.343 e. The lowest BCUT2D eigenvalue weighted by molar-refractivity contribution is -0.138. The average Bonchev–Trinajstić information content (AvgIpc) is 3.06. The maximum atomic E-state index is 12.6. The minimum atomic E-state index is -0.648. The summed E-state index contributed by atoms with van der Waals surface area (Å²) in [5, 5.41) is 0. The number of hydrogen-bond acceptors (Lipinski definition) is 11. The first-order chi connectivity index (χ1) is 21.8. The molecule has 3 rings (SSSR count). The van der Waals surface area contributed by atoms with Gasteiger partial charge in [0.1, 0.15) is 17.2 Å². The normalized spacial score (nSPS) is 10.1. The van der Waals surface area contributed by atoms with Gasteiger partial charge in [0.05, 0.1) is 43.1 Å². The number of unbranched alkanes of at least 4 members (excludes halogenated alkanes) is 1. The van der Waals surface area contributed by atoms with Crippen LogP contribution in [0.5, 0.6) is 17.2 Å². The van der Waals surface area contributed by atoms with E-state index in [4.69, 9.17) is 28.4 Å². The Labute approximate surface area is 259 Å². The average molecular weight is 617 g/mol. The molecular weight excluding hydrogens is 584 g/mol. The second-order valence-electron chi connectivity index (χ2n) is 9.14. The highest BCUT2D eigenvalue weighted by Crippen LogP contribution is 2.19. The van der Waals surface area contributed by atoms with Crippen LogP contribution < -0.4 is 14.2 Å². The zero-order valence-electron chi connectivity index (χ0n) is 24.4. The highest BCUT2D eigenvalue weighted by Gasteiger charge is 2.13. The van der Waals surface area contributed by atoms with Crippen molar-refractivity contribution < 1.29 is 52.4 Å². The van der Waals surface area contributed by atoms with Crippen molar-refractivity contribution in [2.24, 2.45) is 0 Å². The molecule has 45 heavy (non-hydrogen) atoms. The lowest BCUT2D eigenvalue weighted by Crippen LogP contribution is -2.11. The van der Waals surface area contributed by atoms with Gasteiger partial charge in [0.2, 0.25) is 0 Å². The Morgan fingerprint density at radius 1 is 0.467 bits per heavy atom. The Morgan fingerprint density at radius 2 is 0.844 bits per heavy atom. The van der Waals surface area contributed by atoms with Gasteiger partial charge in [-0.05, 0) is 85.6 Å². The Morgan fingerprint density at radius 3 is 1.31 bits per heavy atom. The first-order valence-electron chi connectivity index (χ1n) is 13.9. The molecule has 0 amide bonds. The van der Waals surface area contributed by atoms with E-state index in [0.29, 0.717) is 37.2 Å². The molecule has 11 nitrogen and oxygen atoms in total. The Kier molecular flexibility index (Phi) is 13.6. The Hall–Kier alpha value is -5.71. The van der Waals surface area contributed by atoms with Crippen LogP contribution >= 0.6 is 0 Å². The molecule has 0 spiro atoms. The lowest BCUT2D eigenvalue weighted by Gasteiger charge is -2.09. The molecule has 0 heterocycles. The molecule has 0 saturated carbocycles. The molecule has 0 aromatic heterocycles. The van der Waals surface area contributed by atoms with Crippen LogP contribution in [-0.2, 0) is 23.8 Å². The van der Waals surface area contributed by atoms with Crippen molar-refractivity contribution in [1.29, 1.82) is 0 Å². The highest BCUT2D eigenvalue weighted by molar-refractivity contribution is 5.93. The van der Waals surface area contributed by atoms with Crippen molar-refractivity contribution >= 4 is 29.8 Å². The summed E-state index contributed by atoms with van der Waals surface area (Å²) in [6.07, 6.45) is 3.82. The third kappa shape index (κ3) is 11.8. The molecule has 0 saturated heterocycles. The van der Waals surface area contributed by atoms with E-state index in [2.05, 4.69) is 13.2 Å². The molecule has 11 heteroatoms. The predicted octanol–water partition coefficient (Wildman–Crippen LogP) is 5.29. The summed E-state index contributed by atoms with van der Waals surface area (Å²) in [7, 11) is 0. The van der Waals surface area contributed by atoms with E-state index in [0.717, 1.165) is 12.2 Å². The fraction of sp³-hybridized carbons (Fsp3) is 0.206. The molecule has 0 aliphatic heterocycles. The molecule has 0 aliphatic carbocycles. The second-order valence-corrected chi connectivity index (χ2v) is 9.14.